The Morgan fingerprint density at radius 3 is 2.80 bits per heavy atom. The normalized spacial score (nSPS) is 17.2. The van der Waals surface area contributed by atoms with Crippen LogP contribution >= 0.6 is 0 Å². The fourth-order valence-corrected chi connectivity index (χ4v) is 3.13. The summed E-state index contributed by atoms with van der Waals surface area (Å²) in [7, 11) is 0. The smallest absolute Gasteiger partial charge is 0.229 e. The molecule has 0 radical (unpaired) electrons. The van der Waals surface area contributed by atoms with Crippen molar-refractivity contribution in [2.45, 2.75) is 13.3 Å². The van der Waals surface area contributed by atoms with Crippen molar-refractivity contribution >= 4 is 34.3 Å². The van der Waals surface area contributed by atoms with Gasteiger partial charge >= 0.3 is 0 Å². The summed E-state index contributed by atoms with van der Waals surface area (Å²) in [5, 5.41) is 2.88. The Morgan fingerprint density at radius 1 is 1.20 bits per heavy atom. The molecular formula is C19H17N3O3. The Morgan fingerprint density at radius 2 is 2.00 bits per heavy atom. The molecule has 1 aliphatic heterocycles. The van der Waals surface area contributed by atoms with E-state index in [1.165, 1.54) is 0 Å². The first kappa shape index (κ1) is 15.4. The van der Waals surface area contributed by atoms with Crippen molar-refractivity contribution in [3.8, 4) is 0 Å². The molecule has 4 rings (SSSR count). The molecule has 25 heavy (non-hydrogen) atoms. The van der Waals surface area contributed by atoms with Crippen molar-refractivity contribution in [2.24, 2.45) is 5.92 Å². The van der Waals surface area contributed by atoms with Gasteiger partial charge in [-0.2, -0.15) is 0 Å². The molecular weight excluding hydrogens is 318 g/mol. The highest BCUT2D eigenvalue weighted by molar-refractivity contribution is 6.05. The van der Waals surface area contributed by atoms with Crippen molar-refractivity contribution in [3.63, 3.8) is 0 Å². The molecule has 2 aromatic carbocycles. The fourth-order valence-electron chi connectivity index (χ4n) is 3.13. The van der Waals surface area contributed by atoms with Gasteiger partial charge in [0.1, 0.15) is 5.52 Å². The lowest BCUT2D eigenvalue weighted by Crippen LogP contribution is -2.28. The average molecular weight is 335 g/mol. The van der Waals surface area contributed by atoms with Crippen LogP contribution in [-0.2, 0) is 9.59 Å². The van der Waals surface area contributed by atoms with Gasteiger partial charge in [0.25, 0.3) is 0 Å². The number of para-hydroxylation sites is 2. The molecule has 3 aromatic rings. The van der Waals surface area contributed by atoms with E-state index in [-0.39, 0.29) is 18.2 Å². The minimum Gasteiger partial charge on any atom is -0.439 e. The molecule has 126 valence electrons. The number of aryl methyl sites for hydroxylation is 1. The van der Waals surface area contributed by atoms with Crippen LogP contribution in [0.25, 0.3) is 11.1 Å². The summed E-state index contributed by atoms with van der Waals surface area (Å²) < 4.78 is 5.57. The van der Waals surface area contributed by atoms with Crippen LogP contribution in [0.15, 0.2) is 52.9 Å². The summed E-state index contributed by atoms with van der Waals surface area (Å²) >= 11 is 0. The lowest BCUT2D eigenvalue weighted by Gasteiger charge is -2.16. The number of oxazole rings is 1. The zero-order chi connectivity index (χ0) is 17.4. The summed E-state index contributed by atoms with van der Waals surface area (Å²) in [5.41, 5.74) is 2.64. The quantitative estimate of drug-likeness (QED) is 0.798. The molecule has 2 heterocycles. The van der Waals surface area contributed by atoms with Crippen molar-refractivity contribution in [1.82, 2.24) is 4.98 Å². The number of carbonyl (C=O) groups is 2. The Bertz CT molecular complexity index is 949. The summed E-state index contributed by atoms with van der Waals surface area (Å²) in [6.45, 7) is 2.14. The molecule has 1 aliphatic rings. The highest BCUT2D eigenvalue weighted by Gasteiger charge is 2.35. The van der Waals surface area contributed by atoms with Gasteiger partial charge in [-0.25, -0.2) is 4.98 Å². The SMILES string of the molecule is Cc1nc2cccc(NC(=O)C3CC(=O)N(c4ccccc4)C3)c2o1. The van der Waals surface area contributed by atoms with E-state index in [0.717, 1.165) is 5.69 Å². The number of nitrogens with one attached hydrogen (secondary N) is 1. The average Bonchev–Trinajstić information content (AvgIpc) is 3.18. The first-order valence-electron chi connectivity index (χ1n) is 8.14. The third-order valence-electron chi connectivity index (χ3n) is 4.34. The van der Waals surface area contributed by atoms with Gasteiger partial charge in [-0.1, -0.05) is 24.3 Å². The van der Waals surface area contributed by atoms with E-state index in [2.05, 4.69) is 10.3 Å². The van der Waals surface area contributed by atoms with Crippen molar-refractivity contribution in [1.29, 1.82) is 0 Å². The number of hydrogen-bond donors (Lipinski definition) is 1. The lowest BCUT2D eigenvalue weighted by atomic mass is 10.1. The second-order valence-corrected chi connectivity index (χ2v) is 6.12. The summed E-state index contributed by atoms with van der Waals surface area (Å²) in [5.74, 6) is -0.0802. The van der Waals surface area contributed by atoms with Crippen molar-refractivity contribution < 1.29 is 14.0 Å². The molecule has 0 spiro atoms. The van der Waals surface area contributed by atoms with Crippen LogP contribution in [-0.4, -0.2) is 23.3 Å². The van der Waals surface area contributed by atoms with Crippen LogP contribution in [0.1, 0.15) is 12.3 Å². The predicted molar refractivity (Wildman–Crippen MR) is 94.3 cm³/mol. The van der Waals surface area contributed by atoms with E-state index < -0.39 is 5.92 Å². The summed E-state index contributed by atoms with van der Waals surface area (Å²) in [6, 6.07) is 14.8. The van der Waals surface area contributed by atoms with E-state index in [0.29, 0.717) is 29.2 Å². The monoisotopic (exact) mass is 335 g/mol. The van der Waals surface area contributed by atoms with Crippen LogP contribution in [0.3, 0.4) is 0 Å². The number of fused-ring (bicyclic) bond motifs is 1. The van der Waals surface area contributed by atoms with Gasteiger partial charge < -0.3 is 14.6 Å². The molecule has 1 fully saturated rings. The van der Waals surface area contributed by atoms with Gasteiger partial charge in [0, 0.05) is 25.6 Å². The first-order valence-corrected chi connectivity index (χ1v) is 8.14. The van der Waals surface area contributed by atoms with Crippen LogP contribution in [0.4, 0.5) is 11.4 Å². The number of nitrogens with zero attached hydrogens (tertiary/aromatic N) is 2. The largest absolute Gasteiger partial charge is 0.439 e. The Kier molecular flexibility index (Phi) is 3.72. The first-order chi connectivity index (χ1) is 12.1. The third-order valence-corrected chi connectivity index (χ3v) is 4.34. The molecule has 2 amide bonds. The molecule has 0 bridgehead atoms. The molecule has 0 saturated carbocycles. The van der Waals surface area contributed by atoms with Crippen molar-refractivity contribution in [3.05, 3.63) is 54.4 Å². The van der Waals surface area contributed by atoms with E-state index in [4.69, 9.17) is 4.42 Å². The predicted octanol–water partition coefficient (Wildman–Crippen LogP) is 3.13. The minimum absolute atomic E-state index is 0.0416. The zero-order valence-electron chi connectivity index (χ0n) is 13.7. The summed E-state index contributed by atoms with van der Waals surface area (Å²) in [4.78, 5) is 30.8. The standard InChI is InChI=1S/C19H17N3O3/c1-12-20-15-8-5-9-16(18(15)25-12)21-19(24)13-10-17(23)22(11-13)14-6-3-2-4-7-14/h2-9,13H,10-11H2,1H3,(H,21,24). The molecule has 1 saturated heterocycles. The molecule has 0 aliphatic carbocycles. The van der Waals surface area contributed by atoms with Gasteiger partial charge in [0.05, 0.1) is 11.6 Å². The fraction of sp³-hybridized carbons (Fsp3) is 0.211. The van der Waals surface area contributed by atoms with Crippen LogP contribution in [0.5, 0.6) is 0 Å². The molecule has 1 aromatic heterocycles. The maximum Gasteiger partial charge on any atom is 0.229 e. The topological polar surface area (TPSA) is 75.4 Å². The number of aromatic nitrogens is 1. The lowest BCUT2D eigenvalue weighted by molar-refractivity contribution is -0.122. The third kappa shape index (κ3) is 2.87. The van der Waals surface area contributed by atoms with E-state index in [1.54, 1.807) is 17.9 Å². The highest BCUT2D eigenvalue weighted by Crippen LogP contribution is 2.28. The molecule has 6 heteroatoms. The number of carbonyl (C=O) groups excluding carboxylic acids is 2. The van der Waals surface area contributed by atoms with E-state index >= 15 is 0 Å². The zero-order valence-corrected chi connectivity index (χ0v) is 13.7. The number of rotatable bonds is 3. The minimum atomic E-state index is -0.396. The maximum atomic E-state index is 12.6. The van der Waals surface area contributed by atoms with Gasteiger partial charge in [0.15, 0.2) is 11.5 Å². The van der Waals surface area contributed by atoms with E-state index in [1.807, 2.05) is 42.5 Å². The van der Waals surface area contributed by atoms with Gasteiger partial charge in [0.2, 0.25) is 11.8 Å². The van der Waals surface area contributed by atoms with Crippen LogP contribution < -0.4 is 10.2 Å². The number of amides is 2. The van der Waals surface area contributed by atoms with E-state index in [9.17, 15) is 9.59 Å². The Balaban J connectivity index is 1.53. The van der Waals surface area contributed by atoms with Crippen molar-refractivity contribution in [2.75, 3.05) is 16.8 Å². The Hall–Kier alpha value is -3.15. The number of benzene rings is 2. The molecule has 1 N–H and O–H groups in total. The van der Waals surface area contributed by atoms with Gasteiger partial charge in [-0.3, -0.25) is 9.59 Å². The second kappa shape index (κ2) is 6.05. The number of hydrogen-bond acceptors (Lipinski definition) is 4. The molecule has 6 nitrogen and oxygen atoms in total. The molecule has 1 atom stereocenters. The van der Waals surface area contributed by atoms with Gasteiger partial charge in [-0.05, 0) is 24.3 Å². The number of anilines is 2. The molecule has 1 unspecified atom stereocenters. The van der Waals surface area contributed by atoms with Crippen LogP contribution in [0, 0.1) is 12.8 Å². The second-order valence-electron chi connectivity index (χ2n) is 6.12. The van der Waals surface area contributed by atoms with Gasteiger partial charge in [-0.15, -0.1) is 0 Å². The highest BCUT2D eigenvalue weighted by atomic mass is 16.3. The Labute approximate surface area is 144 Å². The maximum absolute atomic E-state index is 12.6. The summed E-state index contributed by atoms with van der Waals surface area (Å²) in [6.07, 6.45) is 0.201. The van der Waals surface area contributed by atoms with Crippen LogP contribution in [0.2, 0.25) is 0 Å².